The third-order valence-corrected chi connectivity index (χ3v) is 8.38. The standard InChI is InChI=1S/C19H23N.ClH/c1-19-14-8-12-11-7-13(17(12)19)16(15(11)14)18(19)20-9-10-5-3-2-4-6-10;/h2-6,11-18,20H,7-9H2,1H3;1H/t11?,12?,13?,14?,15?,16?,17?,18-,19?;/m0./s1. The van der Waals surface area contributed by atoms with Gasteiger partial charge in [-0.2, -0.15) is 0 Å². The summed E-state index contributed by atoms with van der Waals surface area (Å²) in [4.78, 5) is 0. The van der Waals surface area contributed by atoms with Crippen molar-refractivity contribution in [3.63, 3.8) is 0 Å². The highest BCUT2D eigenvalue weighted by Crippen LogP contribution is 2.86. The van der Waals surface area contributed by atoms with E-state index in [2.05, 4.69) is 42.6 Å². The fourth-order valence-corrected chi connectivity index (χ4v) is 8.31. The topological polar surface area (TPSA) is 12.0 Å². The van der Waals surface area contributed by atoms with E-state index in [4.69, 9.17) is 0 Å². The van der Waals surface area contributed by atoms with Crippen molar-refractivity contribution in [3.05, 3.63) is 35.9 Å². The van der Waals surface area contributed by atoms with Crippen LogP contribution >= 0.6 is 12.4 Å². The Balaban J connectivity index is 0.00000104. The van der Waals surface area contributed by atoms with Gasteiger partial charge in [0.05, 0.1) is 0 Å². The molecule has 0 aromatic heterocycles. The van der Waals surface area contributed by atoms with Gasteiger partial charge in [0.1, 0.15) is 0 Å². The first-order chi connectivity index (χ1) is 9.80. The summed E-state index contributed by atoms with van der Waals surface area (Å²) in [6, 6.07) is 11.8. The van der Waals surface area contributed by atoms with Crippen LogP contribution in [0.2, 0.25) is 0 Å². The van der Waals surface area contributed by atoms with Crippen LogP contribution in [0.5, 0.6) is 0 Å². The Bertz CT molecular complexity index is 586. The van der Waals surface area contributed by atoms with Gasteiger partial charge in [-0.3, -0.25) is 0 Å². The Morgan fingerprint density at radius 2 is 1.86 bits per heavy atom. The average molecular weight is 302 g/mol. The van der Waals surface area contributed by atoms with Gasteiger partial charge in [0, 0.05) is 12.6 Å². The molecule has 9 atom stereocenters. The van der Waals surface area contributed by atoms with Crippen molar-refractivity contribution in [2.45, 2.75) is 32.4 Å². The number of hydrogen-bond acceptors (Lipinski definition) is 1. The Labute approximate surface area is 133 Å². The predicted octanol–water partition coefficient (Wildman–Crippen LogP) is 3.73. The maximum Gasteiger partial charge on any atom is 0.0208 e. The van der Waals surface area contributed by atoms with Crippen LogP contribution in [-0.2, 0) is 6.54 Å². The number of halogens is 1. The Kier molecular flexibility index (Phi) is 2.38. The quantitative estimate of drug-likeness (QED) is 0.897. The molecule has 0 radical (unpaired) electrons. The van der Waals surface area contributed by atoms with E-state index in [-0.39, 0.29) is 12.4 Å². The van der Waals surface area contributed by atoms with Crippen molar-refractivity contribution < 1.29 is 0 Å². The first-order valence-electron chi connectivity index (χ1n) is 8.57. The maximum absolute atomic E-state index is 4.02. The van der Waals surface area contributed by atoms with Crippen molar-refractivity contribution in [1.29, 1.82) is 0 Å². The second kappa shape index (κ2) is 3.86. The molecular weight excluding hydrogens is 278 g/mol. The second-order valence-electron chi connectivity index (χ2n) is 8.46. The molecule has 2 heteroatoms. The lowest BCUT2D eigenvalue weighted by Gasteiger charge is -2.40. The van der Waals surface area contributed by atoms with E-state index >= 15 is 0 Å². The summed E-state index contributed by atoms with van der Waals surface area (Å²) in [6.07, 6.45) is 3.19. The highest BCUT2D eigenvalue weighted by Gasteiger charge is 2.84. The Morgan fingerprint density at radius 1 is 1.05 bits per heavy atom. The normalized spacial score (nSPS) is 56.6. The summed E-state index contributed by atoms with van der Waals surface area (Å²) in [5.41, 5.74) is 2.11. The van der Waals surface area contributed by atoms with Gasteiger partial charge < -0.3 is 5.32 Å². The van der Waals surface area contributed by atoms with E-state index in [1.807, 2.05) is 0 Å². The number of rotatable bonds is 3. The van der Waals surface area contributed by atoms with Gasteiger partial charge in [0.2, 0.25) is 0 Å². The van der Waals surface area contributed by atoms with Crippen LogP contribution in [0.4, 0.5) is 0 Å². The number of nitrogens with one attached hydrogen (secondary N) is 1. The molecule has 6 saturated carbocycles. The van der Waals surface area contributed by atoms with Gasteiger partial charge in [-0.15, -0.1) is 12.4 Å². The van der Waals surface area contributed by atoms with Crippen LogP contribution in [0.3, 0.4) is 0 Å². The molecule has 0 heterocycles. The molecule has 6 bridgehead atoms. The first kappa shape index (κ1) is 13.0. The van der Waals surface area contributed by atoms with Crippen molar-refractivity contribution in [2.24, 2.45) is 46.8 Å². The predicted molar refractivity (Wildman–Crippen MR) is 86.1 cm³/mol. The number of hydrogen-bond donors (Lipinski definition) is 1. The first-order valence-corrected chi connectivity index (χ1v) is 8.57. The molecule has 112 valence electrons. The minimum absolute atomic E-state index is 0. The van der Waals surface area contributed by atoms with Crippen LogP contribution in [0.25, 0.3) is 0 Å². The van der Waals surface area contributed by atoms with Gasteiger partial charge in [-0.25, -0.2) is 0 Å². The molecule has 1 nitrogen and oxygen atoms in total. The highest BCUT2D eigenvalue weighted by atomic mass is 35.5. The molecular formula is C19H24ClN. The SMILES string of the molecule is CC12C3CC4C5CC(C(C53)[C@@H]1NCc1ccccc1)C42.Cl. The van der Waals surface area contributed by atoms with E-state index in [9.17, 15) is 0 Å². The van der Waals surface area contributed by atoms with Crippen LogP contribution < -0.4 is 5.32 Å². The van der Waals surface area contributed by atoms with Crippen molar-refractivity contribution in [3.8, 4) is 0 Å². The lowest BCUT2D eigenvalue weighted by atomic mass is 9.64. The monoisotopic (exact) mass is 301 g/mol. The van der Waals surface area contributed by atoms with E-state index in [0.29, 0.717) is 5.41 Å². The van der Waals surface area contributed by atoms with Gasteiger partial charge in [0.15, 0.2) is 0 Å². The third-order valence-electron chi connectivity index (χ3n) is 8.38. The highest BCUT2D eigenvalue weighted by molar-refractivity contribution is 5.85. The zero-order valence-electron chi connectivity index (χ0n) is 12.5. The largest absolute Gasteiger partial charge is 0.309 e. The van der Waals surface area contributed by atoms with Crippen LogP contribution in [0.15, 0.2) is 30.3 Å². The van der Waals surface area contributed by atoms with Gasteiger partial charge in [0.25, 0.3) is 0 Å². The summed E-state index contributed by atoms with van der Waals surface area (Å²) in [5, 5.41) is 4.02. The third kappa shape index (κ3) is 1.20. The molecule has 8 unspecified atom stereocenters. The second-order valence-corrected chi connectivity index (χ2v) is 8.46. The van der Waals surface area contributed by atoms with Crippen LogP contribution in [0.1, 0.15) is 25.3 Å². The van der Waals surface area contributed by atoms with E-state index in [1.165, 1.54) is 5.56 Å². The molecule has 7 rings (SSSR count). The molecule has 0 saturated heterocycles. The zero-order valence-corrected chi connectivity index (χ0v) is 13.4. The summed E-state index contributed by atoms with van der Waals surface area (Å²) in [5.74, 6) is 7.74. The molecule has 1 aromatic carbocycles. The molecule has 0 aliphatic heterocycles. The van der Waals surface area contributed by atoms with Gasteiger partial charge >= 0.3 is 0 Å². The number of benzene rings is 1. The molecule has 1 aromatic rings. The fraction of sp³-hybridized carbons (Fsp3) is 0.684. The van der Waals surface area contributed by atoms with E-state index in [1.54, 1.807) is 12.8 Å². The summed E-state index contributed by atoms with van der Waals surface area (Å²) in [7, 11) is 0. The minimum Gasteiger partial charge on any atom is -0.309 e. The Morgan fingerprint density at radius 3 is 2.62 bits per heavy atom. The van der Waals surface area contributed by atoms with Crippen LogP contribution in [-0.4, -0.2) is 6.04 Å². The smallest absolute Gasteiger partial charge is 0.0208 e. The molecule has 1 N–H and O–H groups in total. The molecule has 0 amide bonds. The summed E-state index contributed by atoms with van der Waals surface area (Å²) >= 11 is 0. The van der Waals surface area contributed by atoms with Crippen molar-refractivity contribution in [2.75, 3.05) is 0 Å². The van der Waals surface area contributed by atoms with E-state index in [0.717, 1.165) is 54.0 Å². The molecule has 6 aliphatic rings. The average Bonchev–Trinajstić information content (AvgIpc) is 3.16. The molecule has 0 spiro atoms. The maximum atomic E-state index is 4.02. The lowest BCUT2D eigenvalue weighted by molar-refractivity contribution is 0.0652. The lowest BCUT2D eigenvalue weighted by Crippen LogP contribution is -2.42. The molecule has 6 fully saturated rings. The fourth-order valence-electron chi connectivity index (χ4n) is 8.31. The summed E-state index contributed by atoms with van der Waals surface area (Å²) in [6.45, 7) is 3.73. The van der Waals surface area contributed by atoms with E-state index < -0.39 is 0 Å². The van der Waals surface area contributed by atoms with Crippen molar-refractivity contribution in [1.82, 2.24) is 5.32 Å². The Hall–Kier alpha value is -0.530. The molecule has 21 heavy (non-hydrogen) atoms. The minimum atomic E-state index is 0. The molecule has 6 aliphatic carbocycles. The summed E-state index contributed by atoms with van der Waals surface area (Å²) < 4.78 is 0. The van der Waals surface area contributed by atoms with Gasteiger partial charge in [-0.05, 0) is 65.2 Å². The zero-order chi connectivity index (χ0) is 13.1. The van der Waals surface area contributed by atoms with Crippen LogP contribution in [0, 0.1) is 46.8 Å². The van der Waals surface area contributed by atoms with Gasteiger partial charge in [-0.1, -0.05) is 37.3 Å². The van der Waals surface area contributed by atoms with Crippen molar-refractivity contribution >= 4 is 12.4 Å².